The maximum Gasteiger partial charge on any atom is 0.159 e. The van der Waals surface area contributed by atoms with E-state index in [1.165, 1.54) is 24.8 Å². The fraction of sp³-hybridized carbons (Fsp3) is 0.308. The van der Waals surface area contributed by atoms with E-state index in [9.17, 15) is 0 Å². The van der Waals surface area contributed by atoms with Crippen LogP contribution in [-0.2, 0) is 6.54 Å². The van der Waals surface area contributed by atoms with Crippen molar-refractivity contribution in [3.8, 4) is 22.6 Å². The van der Waals surface area contributed by atoms with Gasteiger partial charge in [0.15, 0.2) is 5.82 Å². The fourth-order valence-electron chi connectivity index (χ4n) is 4.78. The Labute approximate surface area is 197 Å². The Balaban J connectivity index is 1.40. The maximum atomic E-state index is 4.99. The quantitative estimate of drug-likeness (QED) is 0.347. The molecule has 0 atom stereocenters. The van der Waals surface area contributed by atoms with Crippen LogP contribution in [0.4, 0.5) is 5.69 Å². The van der Waals surface area contributed by atoms with Crippen molar-refractivity contribution in [2.24, 2.45) is 0 Å². The van der Waals surface area contributed by atoms with Crippen molar-refractivity contribution in [2.75, 3.05) is 24.5 Å². The van der Waals surface area contributed by atoms with E-state index >= 15 is 0 Å². The lowest BCUT2D eigenvalue weighted by Gasteiger charge is -2.28. The van der Waals surface area contributed by atoms with Crippen molar-refractivity contribution in [1.82, 2.24) is 35.5 Å². The first kappa shape index (κ1) is 20.8. The third-order valence-electron chi connectivity index (χ3n) is 6.57. The number of nitrogens with one attached hydrogen (secondary N) is 3. The van der Waals surface area contributed by atoms with Crippen LogP contribution in [0.5, 0.6) is 0 Å². The Morgan fingerprint density at radius 1 is 0.941 bits per heavy atom. The number of benzene rings is 1. The van der Waals surface area contributed by atoms with E-state index in [0.717, 1.165) is 76.4 Å². The number of nitrogens with zero attached hydrogens (tertiary/aromatic N) is 5. The molecule has 0 unspecified atom stereocenters. The summed E-state index contributed by atoms with van der Waals surface area (Å²) in [6, 6.07) is 8.53. The summed E-state index contributed by atoms with van der Waals surface area (Å²) in [5.41, 5.74) is 8.15. The van der Waals surface area contributed by atoms with Crippen LogP contribution in [0.2, 0.25) is 0 Å². The number of imidazole rings is 1. The third-order valence-corrected chi connectivity index (χ3v) is 6.57. The number of rotatable bonds is 6. The first-order valence-corrected chi connectivity index (χ1v) is 12.0. The van der Waals surface area contributed by atoms with Crippen LogP contribution in [0.3, 0.4) is 0 Å². The Kier molecular flexibility index (Phi) is 5.43. The molecule has 1 aliphatic rings. The highest BCUT2D eigenvalue weighted by Crippen LogP contribution is 2.33. The normalized spacial score (nSPS) is 14.3. The van der Waals surface area contributed by atoms with Crippen LogP contribution >= 0.6 is 0 Å². The lowest BCUT2D eigenvalue weighted by molar-refractivity contribution is 0.578. The van der Waals surface area contributed by atoms with Gasteiger partial charge in [0.05, 0.1) is 29.1 Å². The number of anilines is 1. The first-order valence-electron chi connectivity index (χ1n) is 12.0. The Hall–Kier alpha value is -3.78. The lowest BCUT2D eigenvalue weighted by atomic mass is 10.0. The van der Waals surface area contributed by atoms with Gasteiger partial charge in [0.25, 0.3) is 0 Å². The fourth-order valence-corrected chi connectivity index (χ4v) is 4.78. The zero-order valence-electron chi connectivity index (χ0n) is 19.3. The zero-order chi connectivity index (χ0) is 22.9. The molecule has 34 heavy (non-hydrogen) atoms. The predicted octanol–water partition coefficient (Wildman–Crippen LogP) is 4.66. The molecule has 5 aromatic rings. The van der Waals surface area contributed by atoms with Gasteiger partial charge >= 0.3 is 0 Å². The van der Waals surface area contributed by atoms with E-state index in [2.05, 4.69) is 66.6 Å². The van der Waals surface area contributed by atoms with Crippen molar-refractivity contribution in [2.45, 2.75) is 32.7 Å². The molecule has 4 aromatic heterocycles. The van der Waals surface area contributed by atoms with Crippen LogP contribution in [0.1, 0.15) is 31.7 Å². The predicted molar refractivity (Wildman–Crippen MR) is 136 cm³/mol. The smallest absolute Gasteiger partial charge is 0.159 e. The third kappa shape index (κ3) is 3.80. The van der Waals surface area contributed by atoms with Crippen molar-refractivity contribution < 1.29 is 0 Å². The topological polar surface area (TPSA) is 98.4 Å². The molecular weight excluding hydrogens is 424 g/mol. The number of aromatic amines is 2. The molecule has 1 saturated heterocycles. The van der Waals surface area contributed by atoms with Gasteiger partial charge in [-0.3, -0.25) is 15.1 Å². The van der Waals surface area contributed by atoms with Gasteiger partial charge in [-0.15, -0.1) is 0 Å². The minimum Gasteiger partial charge on any atom is -0.368 e. The summed E-state index contributed by atoms with van der Waals surface area (Å²) in [7, 11) is 0. The second-order valence-electron chi connectivity index (χ2n) is 8.88. The molecule has 3 N–H and O–H groups in total. The number of H-pyrrole nitrogens is 2. The number of hydrogen-bond acceptors (Lipinski definition) is 6. The van der Waals surface area contributed by atoms with E-state index in [4.69, 9.17) is 4.98 Å². The monoisotopic (exact) mass is 452 g/mol. The number of piperidine rings is 1. The number of fused-ring (bicyclic) bond motifs is 2. The van der Waals surface area contributed by atoms with Crippen molar-refractivity contribution in [1.29, 1.82) is 0 Å². The van der Waals surface area contributed by atoms with Gasteiger partial charge in [-0.05, 0) is 55.1 Å². The highest BCUT2D eigenvalue weighted by Gasteiger charge is 2.19. The molecule has 0 aliphatic carbocycles. The van der Waals surface area contributed by atoms with E-state index < -0.39 is 0 Å². The Bertz CT molecular complexity index is 1440. The van der Waals surface area contributed by atoms with Crippen molar-refractivity contribution >= 4 is 27.6 Å². The summed E-state index contributed by atoms with van der Waals surface area (Å²) in [6.07, 6.45) is 11.3. The molecule has 1 aromatic carbocycles. The van der Waals surface area contributed by atoms with Crippen LogP contribution in [0, 0.1) is 0 Å². The number of pyridine rings is 2. The standard InChI is InChI=1S/C26H28N8/c1-2-27-12-17-10-19(14-28-13-17)18-6-7-21-20(11-18)24(33-32-21)26-30-22-15-29-16-23(25(22)31-26)34-8-4-3-5-9-34/h6-7,10-11,13-16,27H,2-5,8-9,12H2,1H3,(H,30,31)(H,32,33). The Morgan fingerprint density at radius 3 is 2.71 bits per heavy atom. The van der Waals surface area contributed by atoms with Gasteiger partial charge in [-0.2, -0.15) is 5.10 Å². The van der Waals surface area contributed by atoms with E-state index in [1.54, 1.807) is 0 Å². The summed E-state index contributed by atoms with van der Waals surface area (Å²) in [4.78, 5) is 19.8. The summed E-state index contributed by atoms with van der Waals surface area (Å²) in [5, 5.41) is 12.2. The van der Waals surface area contributed by atoms with Crippen LogP contribution in [0.15, 0.2) is 49.1 Å². The molecule has 8 heteroatoms. The van der Waals surface area contributed by atoms with Gasteiger partial charge in [0, 0.05) is 43.0 Å². The van der Waals surface area contributed by atoms with Gasteiger partial charge < -0.3 is 15.2 Å². The minimum atomic E-state index is 0.753. The molecule has 1 aliphatic heterocycles. The Morgan fingerprint density at radius 2 is 1.82 bits per heavy atom. The number of aromatic nitrogens is 6. The average Bonchev–Trinajstić information content (AvgIpc) is 3.51. The van der Waals surface area contributed by atoms with Gasteiger partial charge in [-0.1, -0.05) is 13.0 Å². The molecule has 8 nitrogen and oxygen atoms in total. The number of hydrogen-bond donors (Lipinski definition) is 3. The summed E-state index contributed by atoms with van der Waals surface area (Å²) < 4.78 is 0. The second kappa shape index (κ2) is 8.87. The SMILES string of the molecule is CCNCc1cncc(-c2ccc3[nH]nc(-c4nc5c(N6CCCCC6)cncc5[nH]4)c3c2)c1. The molecule has 0 bridgehead atoms. The summed E-state index contributed by atoms with van der Waals surface area (Å²) in [6.45, 7) is 5.95. The van der Waals surface area contributed by atoms with Crippen LogP contribution in [-0.4, -0.2) is 49.8 Å². The van der Waals surface area contributed by atoms with E-state index in [0.29, 0.717) is 0 Å². The largest absolute Gasteiger partial charge is 0.368 e. The molecule has 0 amide bonds. The minimum absolute atomic E-state index is 0.753. The van der Waals surface area contributed by atoms with Crippen LogP contribution in [0.25, 0.3) is 44.6 Å². The second-order valence-corrected chi connectivity index (χ2v) is 8.88. The average molecular weight is 453 g/mol. The molecule has 0 saturated carbocycles. The van der Waals surface area contributed by atoms with E-state index in [-0.39, 0.29) is 0 Å². The molecule has 0 radical (unpaired) electrons. The first-order chi connectivity index (χ1) is 16.8. The molecule has 1 fully saturated rings. The van der Waals surface area contributed by atoms with Crippen LogP contribution < -0.4 is 10.2 Å². The van der Waals surface area contributed by atoms with Gasteiger partial charge in [-0.25, -0.2) is 4.98 Å². The lowest BCUT2D eigenvalue weighted by Crippen LogP contribution is -2.29. The maximum absolute atomic E-state index is 4.99. The molecule has 0 spiro atoms. The molecule has 5 heterocycles. The van der Waals surface area contributed by atoms with Crippen molar-refractivity contribution in [3.05, 3.63) is 54.6 Å². The van der Waals surface area contributed by atoms with Gasteiger partial charge in [0.1, 0.15) is 11.2 Å². The van der Waals surface area contributed by atoms with Gasteiger partial charge in [0.2, 0.25) is 0 Å². The molecule has 172 valence electrons. The molecule has 6 rings (SSSR count). The molecular formula is C26H28N8. The summed E-state index contributed by atoms with van der Waals surface area (Å²) in [5.74, 6) is 0.753. The summed E-state index contributed by atoms with van der Waals surface area (Å²) >= 11 is 0. The highest BCUT2D eigenvalue weighted by atomic mass is 15.2. The zero-order valence-corrected chi connectivity index (χ0v) is 19.3. The van der Waals surface area contributed by atoms with Crippen molar-refractivity contribution in [3.63, 3.8) is 0 Å². The highest BCUT2D eigenvalue weighted by molar-refractivity contribution is 5.97. The van der Waals surface area contributed by atoms with E-state index in [1.807, 2.05) is 24.8 Å².